The molecule has 0 aliphatic carbocycles. The number of benzene rings is 2. The molecule has 0 spiro atoms. The van der Waals surface area contributed by atoms with E-state index in [1.165, 1.54) is 24.4 Å². The van der Waals surface area contributed by atoms with Crippen LogP contribution in [0.4, 0.5) is 4.39 Å². The van der Waals surface area contributed by atoms with Crippen molar-refractivity contribution in [3.8, 4) is 0 Å². The van der Waals surface area contributed by atoms with Crippen molar-refractivity contribution >= 4 is 33.2 Å². The largest absolute Gasteiger partial charge is 0.287 e. The van der Waals surface area contributed by atoms with E-state index >= 15 is 0 Å². The molecule has 98 valence electrons. The summed E-state index contributed by atoms with van der Waals surface area (Å²) in [4.78, 5) is -0.0334. The molecule has 1 atom stereocenters. The van der Waals surface area contributed by atoms with Gasteiger partial charge in [-0.3, -0.25) is 4.28 Å². The van der Waals surface area contributed by atoms with Crippen molar-refractivity contribution in [2.75, 3.05) is 0 Å². The molecule has 2 aromatic carbocycles. The second-order valence-corrected chi connectivity index (χ2v) is 5.50. The summed E-state index contributed by atoms with van der Waals surface area (Å²) >= 11 is 1.36. The van der Waals surface area contributed by atoms with E-state index in [9.17, 15) is 8.60 Å². The Kier molecular flexibility index (Phi) is 4.81. The minimum absolute atomic E-state index is 0.0334. The summed E-state index contributed by atoms with van der Waals surface area (Å²) in [7, 11) is 0. The van der Waals surface area contributed by atoms with Gasteiger partial charge >= 0.3 is 0 Å². The molecule has 0 heterocycles. The standard InChI is InChI=1S/C13H9BrFNO2S/c14-11-5-3-4-10(8-11)9-16-18-19(17)13-7-2-1-6-12(13)15/h1-9H/b16-9+. The highest BCUT2D eigenvalue weighted by molar-refractivity contribution is 9.10. The lowest BCUT2D eigenvalue weighted by atomic mass is 10.2. The fourth-order valence-corrected chi connectivity index (χ4v) is 2.36. The Morgan fingerprint density at radius 1 is 1.21 bits per heavy atom. The highest BCUT2D eigenvalue weighted by atomic mass is 79.9. The van der Waals surface area contributed by atoms with Crippen LogP contribution in [-0.2, 0) is 15.4 Å². The maximum Gasteiger partial charge on any atom is 0.268 e. The molecule has 0 aromatic heterocycles. The molecule has 0 fully saturated rings. The Bertz CT molecular complexity index is 634. The van der Waals surface area contributed by atoms with Crippen LogP contribution in [0, 0.1) is 5.82 Å². The van der Waals surface area contributed by atoms with Gasteiger partial charge in [0.25, 0.3) is 11.1 Å². The topological polar surface area (TPSA) is 38.7 Å². The van der Waals surface area contributed by atoms with Crippen LogP contribution in [0.1, 0.15) is 5.56 Å². The van der Waals surface area contributed by atoms with Crippen molar-refractivity contribution in [1.82, 2.24) is 0 Å². The Balaban J connectivity index is 2.03. The fourth-order valence-electron chi connectivity index (χ4n) is 1.33. The summed E-state index contributed by atoms with van der Waals surface area (Å²) in [5.74, 6) is -0.585. The number of oxime groups is 1. The maximum atomic E-state index is 13.3. The van der Waals surface area contributed by atoms with Gasteiger partial charge < -0.3 is 0 Å². The smallest absolute Gasteiger partial charge is 0.268 e. The molecule has 0 N–H and O–H groups in total. The van der Waals surface area contributed by atoms with Gasteiger partial charge in [0, 0.05) is 4.47 Å². The lowest BCUT2D eigenvalue weighted by Gasteiger charge is -1.99. The SMILES string of the molecule is O=S(O/N=C/c1cccc(Br)c1)c1ccccc1F. The van der Waals surface area contributed by atoms with Gasteiger partial charge in [-0.05, 0) is 29.8 Å². The summed E-state index contributed by atoms with van der Waals surface area (Å²) in [5, 5.41) is 3.59. The van der Waals surface area contributed by atoms with E-state index < -0.39 is 16.9 Å². The van der Waals surface area contributed by atoms with E-state index in [1.807, 2.05) is 24.3 Å². The molecule has 2 aromatic rings. The first-order chi connectivity index (χ1) is 9.16. The van der Waals surface area contributed by atoms with Crippen LogP contribution in [-0.4, -0.2) is 10.4 Å². The van der Waals surface area contributed by atoms with Gasteiger partial charge in [-0.25, -0.2) is 8.60 Å². The molecule has 0 saturated carbocycles. The maximum absolute atomic E-state index is 13.3. The van der Waals surface area contributed by atoms with Crippen LogP contribution < -0.4 is 0 Å². The van der Waals surface area contributed by atoms with Crippen molar-refractivity contribution in [3.05, 3.63) is 64.4 Å². The van der Waals surface area contributed by atoms with Crippen molar-refractivity contribution in [3.63, 3.8) is 0 Å². The molecule has 2 rings (SSSR count). The first-order valence-electron chi connectivity index (χ1n) is 5.29. The molecule has 3 nitrogen and oxygen atoms in total. The first kappa shape index (κ1) is 13.9. The number of nitrogens with zero attached hydrogens (tertiary/aromatic N) is 1. The molecule has 19 heavy (non-hydrogen) atoms. The average Bonchev–Trinajstić information content (AvgIpc) is 2.39. The molecule has 0 aliphatic rings. The molecular formula is C13H9BrFNO2S. The van der Waals surface area contributed by atoms with E-state index in [2.05, 4.69) is 21.1 Å². The van der Waals surface area contributed by atoms with E-state index in [-0.39, 0.29) is 4.90 Å². The molecule has 6 heteroatoms. The summed E-state index contributed by atoms with van der Waals surface area (Å²) in [6.07, 6.45) is 1.41. The van der Waals surface area contributed by atoms with Gasteiger partial charge in [-0.2, -0.15) is 0 Å². The number of hydrogen-bond donors (Lipinski definition) is 0. The van der Waals surface area contributed by atoms with Crippen molar-refractivity contribution in [2.45, 2.75) is 4.90 Å². The van der Waals surface area contributed by atoms with Crippen molar-refractivity contribution in [2.24, 2.45) is 5.16 Å². The van der Waals surface area contributed by atoms with E-state index in [0.29, 0.717) is 0 Å². The second kappa shape index (κ2) is 6.58. The summed E-state index contributed by atoms with van der Waals surface area (Å²) in [5.41, 5.74) is 0.778. The van der Waals surface area contributed by atoms with Crippen LogP contribution in [0.25, 0.3) is 0 Å². The molecule has 1 unspecified atom stereocenters. The third-order valence-electron chi connectivity index (χ3n) is 2.18. The third-order valence-corrected chi connectivity index (χ3v) is 3.58. The molecular weight excluding hydrogens is 333 g/mol. The molecule has 0 saturated heterocycles. The van der Waals surface area contributed by atoms with Gasteiger partial charge in [0.05, 0.1) is 6.21 Å². The average molecular weight is 342 g/mol. The predicted molar refractivity (Wildman–Crippen MR) is 75.6 cm³/mol. The molecule has 0 bridgehead atoms. The fraction of sp³-hybridized carbons (Fsp3) is 0. The van der Waals surface area contributed by atoms with E-state index in [0.717, 1.165) is 10.0 Å². The molecule has 0 radical (unpaired) electrons. The highest BCUT2D eigenvalue weighted by Gasteiger charge is 2.10. The van der Waals surface area contributed by atoms with Crippen LogP contribution >= 0.6 is 15.9 Å². The Morgan fingerprint density at radius 3 is 2.74 bits per heavy atom. The minimum atomic E-state index is -1.96. The summed E-state index contributed by atoms with van der Waals surface area (Å²) in [6, 6.07) is 13.0. The van der Waals surface area contributed by atoms with Crippen molar-refractivity contribution < 1.29 is 12.9 Å². The zero-order valence-corrected chi connectivity index (χ0v) is 12.0. The zero-order chi connectivity index (χ0) is 13.7. The Labute approximate surface area is 120 Å². The van der Waals surface area contributed by atoms with Crippen molar-refractivity contribution in [1.29, 1.82) is 0 Å². The highest BCUT2D eigenvalue weighted by Crippen LogP contribution is 2.13. The van der Waals surface area contributed by atoms with Crippen LogP contribution in [0.5, 0.6) is 0 Å². The quantitative estimate of drug-likeness (QED) is 0.628. The molecule has 0 aliphatic heterocycles. The number of hydrogen-bond acceptors (Lipinski definition) is 3. The van der Waals surface area contributed by atoms with Gasteiger partial charge in [0.1, 0.15) is 10.7 Å². The Morgan fingerprint density at radius 2 is 2.00 bits per heavy atom. The monoisotopic (exact) mass is 341 g/mol. The lowest BCUT2D eigenvalue weighted by molar-refractivity contribution is 0.374. The van der Waals surface area contributed by atoms with Gasteiger partial charge in [-0.15, -0.1) is 0 Å². The van der Waals surface area contributed by atoms with Crippen LogP contribution in [0.3, 0.4) is 0 Å². The van der Waals surface area contributed by atoms with E-state index in [1.54, 1.807) is 6.07 Å². The molecule has 0 amide bonds. The first-order valence-corrected chi connectivity index (χ1v) is 7.16. The summed E-state index contributed by atoms with van der Waals surface area (Å²) in [6.45, 7) is 0. The van der Waals surface area contributed by atoms with E-state index in [4.69, 9.17) is 4.28 Å². The lowest BCUT2D eigenvalue weighted by Crippen LogP contribution is -1.96. The van der Waals surface area contributed by atoms with Gasteiger partial charge in [0.15, 0.2) is 0 Å². The minimum Gasteiger partial charge on any atom is -0.287 e. The van der Waals surface area contributed by atoms with Crippen LogP contribution in [0.15, 0.2) is 63.1 Å². The predicted octanol–water partition coefficient (Wildman–Crippen LogP) is 3.66. The van der Waals surface area contributed by atoms with Gasteiger partial charge in [-0.1, -0.05) is 45.4 Å². The zero-order valence-electron chi connectivity index (χ0n) is 9.62. The normalized spacial score (nSPS) is 12.5. The number of rotatable bonds is 4. The Hall–Kier alpha value is -1.53. The van der Waals surface area contributed by atoms with Gasteiger partial charge in [0.2, 0.25) is 0 Å². The van der Waals surface area contributed by atoms with Crippen LogP contribution in [0.2, 0.25) is 0 Å². The second-order valence-electron chi connectivity index (χ2n) is 3.53. The summed E-state index contributed by atoms with van der Waals surface area (Å²) < 4.78 is 30.6. The third kappa shape index (κ3) is 3.97. The number of halogens is 2.